The lowest BCUT2D eigenvalue weighted by Crippen LogP contribution is -2.14. The Bertz CT molecular complexity index is 1450. The van der Waals surface area contributed by atoms with Crippen LogP contribution in [0.3, 0.4) is 0 Å². The third-order valence-corrected chi connectivity index (χ3v) is 9.00. The number of hydrogen-bond acceptors (Lipinski definition) is 2. The Morgan fingerprint density at radius 1 is 1.00 bits per heavy atom. The normalized spacial score (nSPS) is 18.3. The molecule has 248 valence electrons. The van der Waals surface area contributed by atoms with Crippen molar-refractivity contribution in [3.05, 3.63) is 114 Å². The van der Waals surface area contributed by atoms with Gasteiger partial charge in [-0.3, -0.25) is 5.10 Å². The van der Waals surface area contributed by atoms with Crippen molar-refractivity contribution >= 4 is 5.57 Å². The molecule has 1 aliphatic rings. The molecule has 1 unspecified atom stereocenters. The first-order valence-corrected chi connectivity index (χ1v) is 17.3. The predicted octanol–water partition coefficient (Wildman–Crippen LogP) is 12.7. The summed E-state index contributed by atoms with van der Waals surface area (Å²) in [6.45, 7) is 19.2. The Hall–Kier alpha value is -3.60. The van der Waals surface area contributed by atoms with E-state index in [0.717, 1.165) is 35.1 Å². The summed E-state index contributed by atoms with van der Waals surface area (Å²) in [5.74, 6) is -1.62. The zero-order chi connectivity index (χ0) is 33.5. The molecule has 46 heavy (non-hydrogen) atoms. The molecule has 0 aliphatic heterocycles. The van der Waals surface area contributed by atoms with Crippen LogP contribution in [-0.2, 0) is 5.92 Å². The Kier molecular flexibility index (Phi) is 14.8. The van der Waals surface area contributed by atoms with Crippen molar-refractivity contribution in [2.45, 2.75) is 111 Å². The maximum absolute atomic E-state index is 14.3. The van der Waals surface area contributed by atoms with Crippen LogP contribution in [0.15, 0.2) is 102 Å². The van der Waals surface area contributed by atoms with Gasteiger partial charge in [0.1, 0.15) is 5.69 Å². The van der Waals surface area contributed by atoms with Crippen LogP contribution < -0.4 is 0 Å². The van der Waals surface area contributed by atoms with Gasteiger partial charge in [-0.15, -0.1) is 0 Å². The molecule has 0 bridgehead atoms. The monoisotopic (exact) mass is 627 g/mol. The summed E-state index contributed by atoms with van der Waals surface area (Å²) in [7, 11) is 0. The van der Waals surface area contributed by atoms with E-state index in [4.69, 9.17) is 0 Å². The summed E-state index contributed by atoms with van der Waals surface area (Å²) in [5, 5.41) is 7.17. The van der Waals surface area contributed by atoms with Crippen LogP contribution >= 0.6 is 0 Å². The van der Waals surface area contributed by atoms with E-state index in [-0.39, 0.29) is 12.1 Å². The highest BCUT2D eigenvalue weighted by molar-refractivity contribution is 5.84. The molecule has 1 N–H and O–H groups in total. The highest BCUT2D eigenvalue weighted by Crippen LogP contribution is 2.34. The number of aromatic nitrogens is 3. The van der Waals surface area contributed by atoms with E-state index in [1.807, 2.05) is 24.3 Å². The molecule has 2 aromatic heterocycles. The van der Waals surface area contributed by atoms with Crippen molar-refractivity contribution in [2.24, 2.45) is 11.8 Å². The van der Waals surface area contributed by atoms with Gasteiger partial charge in [-0.2, -0.15) is 13.9 Å². The smallest absolute Gasteiger partial charge is 0.276 e. The molecule has 5 heteroatoms. The molecule has 2 heterocycles. The number of aromatic amines is 1. The maximum Gasteiger partial charge on any atom is 0.289 e. The largest absolute Gasteiger partial charge is 0.289 e. The molecule has 3 rings (SSSR count). The van der Waals surface area contributed by atoms with E-state index in [1.165, 1.54) is 75.5 Å². The van der Waals surface area contributed by atoms with E-state index in [1.54, 1.807) is 18.3 Å². The number of allylic oxidation sites excluding steroid dienone is 12. The maximum atomic E-state index is 14.3. The molecule has 1 atom stereocenters. The summed E-state index contributed by atoms with van der Waals surface area (Å²) in [4.78, 5) is 4.27. The highest BCUT2D eigenvalue weighted by Gasteiger charge is 2.31. The van der Waals surface area contributed by atoms with Crippen LogP contribution in [0.4, 0.5) is 8.78 Å². The summed E-state index contributed by atoms with van der Waals surface area (Å²) < 4.78 is 28.7. The Labute approximate surface area is 277 Å². The molecular weight excluding hydrogens is 572 g/mol. The Morgan fingerprint density at radius 3 is 2.43 bits per heavy atom. The van der Waals surface area contributed by atoms with Crippen LogP contribution in [0.2, 0.25) is 0 Å². The molecule has 0 saturated carbocycles. The quantitative estimate of drug-likeness (QED) is 0.132. The number of halogens is 2. The Balaban J connectivity index is 1.55. The van der Waals surface area contributed by atoms with Gasteiger partial charge in [-0.25, -0.2) is 4.98 Å². The number of nitrogens with one attached hydrogen (secondary N) is 1. The molecule has 0 saturated heterocycles. The minimum atomic E-state index is -2.98. The van der Waals surface area contributed by atoms with Gasteiger partial charge in [0.05, 0.1) is 17.6 Å². The fourth-order valence-electron chi connectivity index (χ4n) is 6.10. The van der Waals surface area contributed by atoms with Crippen molar-refractivity contribution in [1.82, 2.24) is 15.2 Å². The summed E-state index contributed by atoms with van der Waals surface area (Å²) in [6, 6.07) is 4.71. The molecule has 0 radical (unpaired) electrons. The second-order valence-corrected chi connectivity index (χ2v) is 12.8. The molecule has 1 aliphatic carbocycles. The fourth-order valence-corrected chi connectivity index (χ4v) is 6.10. The third kappa shape index (κ3) is 10.7. The van der Waals surface area contributed by atoms with E-state index in [2.05, 4.69) is 74.3 Å². The van der Waals surface area contributed by atoms with Gasteiger partial charge in [-0.1, -0.05) is 139 Å². The molecule has 2 aromatic rings. The van der Waals surface area contributed by atoms with Crippen LogP contribution in [-0.4, -0.2) is 15.2 Å². The average Bonchev–Trinajstić information content (AvgIpc) is 3.53. The van der Waals surface area contributed by atoms with Gasteiger partial charge >= 0.3 is 0 Å². The summed E-state index contributed by atoms with van der Waals surface area (Å²) in [5.41, 5.74) is 7.25. The van der Waals surface area contributed by atoms with Gasteiger partial charge in [0, 0.05) is 12.0 Å². The second-order valence-electron chi connectivity index (χ2n) is 12.8. The number of unbranched alkanes of at least 4 members (excludes halogenated alkanes) is 5. The third-order valence-electron chi connectivity index (χ3n) is 9.00. The van der Waals surface area contributed by atoms with E-state index in [0.29, 0.717) is 23.2 Å². The number of H-pyrrole nitrogens is 1. The number of alkyl halides is 2. The zero-order valence-electron chi connectivity index (χ0n) is 28.8. The predicted molar refractivity (Wildman–Crippen MR) is 193 cm³/mol. The van der Waals surface area contributed by atoms with Crippen molar-refractivity contribution in [2.75, 3.05) is 0 Å². The van der Waals surface area contributed by atoms with Gasteiger partial charge < -0.3 is 0 Å². The minimum Gasteiger partial charge on any atom is -0.276 e. The van der Waals surface area contributed by atoms with Crippen LogP contribution in [0, 0.1) is 11.8 Å². The lowest BCUT2D eigenvalue weighted by molar-refractivity contribution is -0.0127. The number of pyridine rings is 1. The second kappa shape index (κ2) is 18.5. The number of rotatable bonds is 18. The molecule has 0 aromatic carbocycles. The summed E-state index contributed by atoms with van der Waals surface area (Å²) in [6.07, 6.45) is 28.3. The number of nitrogens with zero attached hydrogens (tertiary/aromatic N) is 2. The zero-order valence-corrected chi connectivity index (χ0v) is 28.8. The highest BCUT2D eigenvalue weighted by atomic mass is 19.3. The van der Waals surface area contributed by atoms with E-state index >= 15 is 0 Å². The number of hydrogen-bond donors (Lipinski definition) is 1. The first kappa shape index (κ1) is 36.9. The van der Waals surface area contributed by atoms with E-state index < -0.39 is 5.92 Å². The molecule has 0 spiro atoms. The van der Waals surface area contributed by atoms with Crippen LogP contribution in [0.1, 0.15) is 117 Å². The molecular formula is C41H55F2N3. The van der Waals surface area contributed by atoms with Crippen LogP contribution in [0.5, 0.6) is 0 Å². The Morgan fingerprint density at radius 2 is 1.74 bits per heavy atom. The van der Waals surface area contributed by atoms with Crippen molar-refractivity contribution < 1.29 is 8.78 Å². The summed E-state index contributed by atoms with van der Waals surface area (Å²) >= 11 is 0. The molecule has 0 amide bonds. The molecule has 3 nitrogen and oxygen atoms in total. The average molecular weight is 628 g/mol. The molecule has 0 fully saturated rings. The SMILES string of the molecule is C=C1\C=C/C(c2cn[nH]c2-c2cccc(C(F)(F)CC)n2)=C/C=C/C1=C/C(=C\C)CCCCCCCCC(C(=C)CCC)C(C)C. The minimum absolute atomic E-state index is 0.238. The van der Waals surface area contributed by atoms with Gasteiger partial charge in [0.15, 0.2) is 0 Å². The standard InChI is InChI=1S/C41H55F2N3/c1-8-19-32(7)36(30(4)5)23-16-14-12-11-13-15-20-33(9-2)28-35-22-17-21-34(27-26-31(35)6)37-29-44-46-40(37)38-24-18-25-39(45-38)41(42,43)10-3/h9,17-18,21-22,24-30,36H,6-8,10-16,19-20,23H2,1-5H3,(H,44,46)/b22-17+,27-26-,33-9-,34-21-,35-28-. The first-order chi connectivity index (χ1) is 22.1. The topological polar surface area (TPSA) is 41.6 Å². The lowest BCUT2D eigenvalue weighted by Gasteiger charge is -2.23. The lowest BCUT2D eigenvalue weighted by atomic mass is 9.83. The van der Waals surface area contributed by atoms with Gasteiger partial charge in [0.25, 0.3) is 5.92 Å². The van der Waals surface area contributed by atoms with Crippen LogP contribution in [0.25, 0.3) is 17.0 Å². The van der Waals surface area contributed by atoms with Crippen molar-refractivity contribution in [3.63, 3.8) is 0 Å². The van der Waals surface area contributed by atoms with Crippen molar-refractivity contribution in [1.29, 1.82) is 0 Å². The van der Waals surface area contributed by atoms with E-state index in [9.17, 15) is 8.78 Å². The first-order valence-electron chi connectivity index (χ1n) is 17.3. The van der Waals surface area contributed by atoms with Gasteiger partial charge in [0.2, 0.25) is 0 Å². The van der Waals surface area contributed by atoms with Crippen molar-refractivity contribution in [3.8, 4) is 11.4 Å². The van der Waals surface area contributed by atoms with Gasteiger partial charge in [-0.05, 0) is 73.3 Å². The fraction of sp³-hybridized carbons (Fsp3) is 0.463.